The van der Waals surface area contributed by atoms with Gasteiger partial charge in [0.1, 0.15) is 0 Å². The minimum Gasteiger partial charge on any atom is -0.465 e. The molecule has 4 N–H and O–H groups in total. The van der Waals surface area contributed by atoms with Crippen molar-refractivity contribution >= 4 is 6.09 Å². The van der Waals surface area contributed by atoms with Crippen molar-refractivity contribution in [2.45, 2.75) is 44.9 Å². The third kappa shape index (κ3) is 4.21. The zero-order valence-electron chi connectivity index (χ0n) is 12.3. The molecule has 0 radical (unpaired) electrons. The van der Waals surface area contributed by atoms with Crippen LogP contribution >= 0.6 is 0 Å². The van der Waals surface area contributed by atoms with E-state index in [1.165, 1.54) is 4.90 Å². The fourth-order valence-corrected chi connectivity index (χ4v) is 2.34. The average molecular weight is 280 g/mol. The van der Waals surface area contributed by atoms with Crippen molar-refractivity contribution in [1.29, 1.82) is 0 Å². The van der Waals surface area contributed by atoms with Crippen LogP contribution in [0.15, 0.2) is 30.3 Å². The first-order valence-electron chi connectivity index (χ1n) is 6.71. The smallest absolute Gasteiger partial charge is 0.408 e. The molecule has 1 rings (SSSR count). The summed E-state index contributed by atoms with van der Waals surface area (Å²) in [7, 11) is 0. The van der Waals surface area contributed by atoms with Crippen LogP contribution in [0.4, 0.5) is 4.79 Å². The molecule has 112 valence electrons. The highest BCUT2D eigenvalue weighted by molar-refractivity contribution is 5.66. The van der Waals surface area contributed by atoms with Gasteiger partial charge in [-0.1, -0.05) is 30.3 Å². The number of hydrogen-bond donors (Lipinski definition) is 3. The van der Waals surface area contributed by atoms with E-state index in [4.69, 9.17) is 5.73 Å². The van der Waals surface area contributed by atoms with Crippen molar-refractivity contribution in [2.75, 3.05) is 6.54 Å². The maximum atomic E-state index is 11.6. The van der Waals surface area contributed by atoms with Crippen molar-refractivity contribution in [1.82, 2.24) is 4.90 Å². The lowest BCUT2D eigenvalue weighted by atomic mass is 9.95. The third-order valence-electron chi connectivity index (χ3n) is 3.23. The van der Waals surface area contributed by atoms with Gasteiger partial charge in [-0.3, -0.25) is 4.90 Å². The zero-order chi connectivity index (χ0) is 15.3. The van der Waals surface area contributed by atoms with E-state index in [0.717, 1.165) is 5.56 Å². The monoisotopic (exact) mass is 280 g/mol. The second-order valence-electron chi connectivity index (χ2n) is 5.88. The van der Waals surface area contributed by atoms with Crippen LogP contribution in [0.25, 0.3) is 0 Å². The maximum absolute atomic E-state index is 11.6. The van der Waals surface area contributed by atoms with Gasteiger partial charge in [0.15, 0.2) is 0 Å². The molecule has 2 atom stereocenters. The highest BCUT2D eigenvalue weighted by Crippen LogP contribution is 2.22. The van der Waals surface area contributed by atoms with Gasteiger partial charge in [-0.25, -0.2) is 4.79 Å². The summed E-state index contributed by atoms with van der Waals surface area (Å²) in [6, 6.07) is 8.95. The van der Waals surface area contributed by atoms with Gasteiger partial charge in [-0.05, 0) is 32.8 Å². The first-order valence-corrected chi connectivity index (χ1v) is 6.71. The summed E-state index contributed by atoms with van der Waals surface area (Å²) < 4.78 is 0. The van der Waals surface area contributed by atoms with Crippen LogP contribution in [-0.4, -0.2) is 45.4 Å². The zero-order valence-corrected chi connectivity index (χ0v) is 12.3. The van der Waals surface area contributed by atoms with E-state index < -0.39 is 23.8 Å². The Kier molecular flexibility index (Phi) is 5.53. The molecule has 0 aliphatic rings. The number of nitrogens with zero attached hydrogens (tertiary/aromatic N) is 1. The molecule has 1 aromatic carbocycles. The molecule has 0 aromatic heterocycles. The number of aliphatic hydroxyl groups excluding tert-OH is 1. The second-order valence-corrected chi connectivity index (χ2v) is 5.88. The van der Waals surface area contributed by atoms with E-state index in [9.17, 15) is 15.0 Å². The first kappa shape index (κ1) is 16.5. The number of nitrogens with two attached hydrogens (primary N) is 1. The number of carboxylic acid groups (broad SMARTS) is 1. The highest BCUT2D eigenvalue weighted by atomic mass is 16.4. The summed E-state index contributed by atoms with van der Waals surface area (Å²) in [4.78, 5) is 12.9. The van der Waals surface area contributed by atoms with E-state index in [2.05, 4.69) is 0 Å². The van der Waals surface area contributed by atoms with Gasteiger partial charge >= 0.3 is 6.09 Å². The van der Waals surface area contributed by atoms with Crippen LogP contribution in [0.5, 0.6) is 0 Å². The first-order chi connectivity index (χ1) is 9.27. The van der Waals surface area contributed by atoms with Crippen molar-refractivity contribution < 1.29 is 15.0 Å². The standard InChI is InChI=1S/C15H24N2O3/c1-15(2,3)17(14(19)20)12(13(18)10-16)9-11-7-5-4-6-8-11/h4-8,12-13,18H,9-10,16H2,1-3H3,(H,19,20)/t12-,13+/m0/s1. The Morgan fingerprint density at radius 1 is 1.30 bits per heavy atom. The molecule has 1 amide bonds. The molecular formula is C15H24N2O3. The molecule has 0 heterocycles. The Morgan fingerprint density at radius 2 is 1.85 bits per heavy atom. The van der Waals surface area contributed by atoms with Crippen molar-refractivity contribution in [3.8, 4) is 0 Å². The molecule has 0 fully saturated rings. The van der Waals surface area contributed by atoms with Crippen LogP contribution in [-0.2, 0) is 6.42 Å². The van der Waals surface area contributed by atoms with Crippen LogP contribution in [0.3, 0.4) is 0 Å². The fraction of sp³-hybridized carbons (Fsp3) is 0.533. The lowest BCUT2D eigenvalue weighted by molar-refractivity contribution is 0.0109. The quantitative estimate of drug-likeness (QED) is 0.766. The minimum atomic E-state index is -1.05. The van der Waals surface area contributed by atoms with Gasteiger partial charge in [-0.2, -0.15) is 0 Å². The molecule has 20 heavy (non-hydrogen) atoms. The van der Waals surface area contributed by atoms with Gasteiger partial charge in [0.2, 0.25) is 0 Å². The molecule has 0 unspecified atom stereocenters. The lowest BCUT2D eigenvalue weighted by Gasteiger charge is -2.41. The van der Waals surface area contributed by atoms with E-state index in [-0.39, 0.29) is 6.54 Å². The van der Waals surface area contributed by atoms with E-state index in [0.29, 0.717) is 6.42 Å². The Balaban J connectivity index is 3.07. The average Bonchev–Trinajstić information content (AvgIpc) is 2.36. The van der Waals surface area contributed by atoms with Gasteiger partial charge < -0.3 is 15.9 Å². The minimum absolute atomic E-state index is 0.0252. The number of hydrogen-bond acceptors (Lipinski definition) is 3. The summed E-state index contributed by atoms with van der Waals surface area (Å²) >= 11 is 0. The third-order valence-corrected chi connectivity index (χ3v) is 3.23. The number of amides is 1. The molecule has 1 aromatic rings. The topological polar surface area (TPSA) is 86.8 Å². The van der Waals surface area contributed by atoms with Gasteiger partial charge in [0, 0.05) is 12.1 Å². The van der Waals surface area contributed by atoms with Crippen molar-refractivity contribution in [3.05, 3.63) is 35.9 Å². The molecular weight excluding hydrogens is 256 g/mol. The Labute approximate surface area is 120 Å². The maximum Gasteiger partial charge on any atom is 0.408 e. The van der Waals surface area contributed by atoms with Crippen LogP contribution in [0.2, 0.25) is 0 Å². The largest absolute Gasteiger partial charge is 0.465 e. The number of rotatable bonds is 5. The van der Waals surface area contributed by atoms with E-state index in [1.807, 2.05) is 51.1 Å². The van der Waals surface area contributed by atoms with Crippen LogP contribution < -0.4 is 5.73 Å². The van der Waals surface area contributed by atoms with Gasteiger partial charge in [-0.15, -0.1) is 0 Å². The van der Waals surface area contributed by atoms with Gasteiger partial charge in [0.05, 0.1) is 12.1 Å². The summed E-state index contributed by atoms with van der Waals surface area (Å²) in [5, 5.41) is 19.6. The Morgan fingerprint density at radius 3 is 2.25 bits per heavy atom. The normalized spacial score (nSPS) is 14.7. The van der Waals surface area contributed by atoms with Crippen LogP contribution in [0, 0.1) is 0 Å². The van der Waals surface area contributed by atoms with Crippen LogP contribution in [0.1, 0.15) is 26.3 Å². The molecule has 5 heteroatoms. The SMILES string of the molecule is CC(C)(C)N(C(=O)O)[C@@H](Cc1ccccc1)[C@H](O)CN. The number of benzene rings is 1. The molecule has 0 bridgehead atoms. The predicted molar refractivity (Wildman–Crippen MR) is 78.6 cm³/mol. The van der Waals surface area contributed by atoms with Crippen molar-refractivity contribution in [3.63, 3.8) is 0 Å². The Hall–Kier alpha value is -1.59. The summed E-state index contributed by atoms with van der Waals surface area (Å²) in [6.07, 6.45) is -1.51. The predicted octanol–water partition coefficient (Wildman–Crippen LogP) is 1.70. The highest BCUT2D eigenvalue weighted by Gasteiger charge is 2.36. The summed E-state index contributed by atoms with van der Waals surface area (Å²) in [5.74, 6) is 0. The molecule has 0 aliphatic carbocycles. The lowest BCUT2D eigenvalue weighted by Crippen LogP contribution is -2.57. The molecule has 0 aliphatic heterocycles. The molecule has 0 spiro atoms. The molecule has 5 nitrogen and oxygen atoms in total. The van der Waals surface area contributed by atoms with E-state index >= 15 is 0 Å². The summed E-state index contributed by atoms with van der Waals surface area (Å²) in [6.45, 7) is 5.45. The number of aliphatic hydroxyl groups is 1. The molecule has 0 saturated carbocycles. The number of carbonyl (C=O) groups is 1. The fourth-order valence-electron chi connectivity index (χ4n) is 2.34. The van der Waals surface area contributed by atoms with Crippen molar-refractivity contribution in [2.24, 2.45) is 5.73 Å². The second kappa shape index (κ2) is 6.72. The van der Waals surface area contributed by atoms with E-state index in [1.54, 1.807) is 0 Å². The Bertz CT molecular complexity index is 428. The van der Waals surface area contributed by atoms with Gasteiger partial charge in [0.25, 0.3) is 0 Å². The summed E-state index contributed by atoms with van der Waals surface area (Å²) in [5.41, 5.74) is 5.90. The molecule has 0 saturated heterocycles.